The van der Waals surface area contributed by atoms with Gasteiger partial charge in [0.25, 0.3) is 0 Å². The minimum atomic E-state index is -3.49. The molecule has 0 saturated heterocycles. The van der Waals surface area contributed by atoms with Gasteiger partial charge in [-0.1, -0.05) is 21.1 Å². The Morgan fingerprint density at radius 2 is 1.91 bits per heavy atom. The molecule has 0 spiro atoms. The summed E-state index contributed by atoms with van der Waals surface area (Å²) >= 11 is 3.25. The number of halogens is 1. The van der Waals surface area contributed by atoms with Gasteiger partial charge in [0.05, 0.1) is 5.41 Å². The largest absolute Gasteiger partial charge is 0.446 e. The van der Waals surface area contributed by atoms with Gasteiger partial charge in [0, 0.05) is 22.0 Å². The van der Waals surface area contributed by atoms with Crippen molar-refractivity contribution >= 4 is 37.2 Å². The van der Waals surface area contributed by atoms with Gasteiger partial charge in [-0.05, 0) is 31.2 Å². The molecule has 0 aliphatic carbocycles. The van der Waals surface area contributed by atoms with Crippen molar-refractivity contribution in [1.82, 2.24) is 9.72 Å². The number of nitrogens with zero attached hydrogens (tertiary/aromatic N) is 2. The van der Waals surface area contributed by atoms with E-state index >= 15 is 0 Å². The molecule has 22 heavy (non-hydrogen) atoms. The Hall–Kier alpha value is -2.00. The van der Waals surface area contributed by atoms with E-state index in [1.165, 1.54) is 6.92 Å². The quantitative estimate of drug-likeness (QED) is 0.741. The van der Waals surface area contributed by atoms with Crippen molar-refractivity contribution in [3.05, 3.63) is 56.1 Å². The lowest BCUT2D eigenvalue weighted by Gasteiger charge is -2.04. The molecular weight excluding hydrogens is 376 g/mol. The summed E-state index contributed by atoms with van der Waals surface area (Å²) in [5.74, 6) is -1.78. The zero-order valence-electron chi connectivity index (χ0n) is 11.6. The fraction of sp³-hybridized carbons (Fsp3) is 0.154. The van der Waals surface area contributed by atoms with Gasteiger partial charge < -0.3 is 0 Å². The number of hydrogen-bond donors (Lipinski definition) is 0. The van der Waals surface area contributed by atoms with Gasteiger partial charge in [-0.25, -0.2) is 17.8 Å². The Kier molecular flexibility index (Phi) is 4.47. The fourth-order valence-electron chi connectivity index (χ4n) is 1.80. The van der Waals surface area contributed by atoms with Gasteiger partial charge in [0.2, 0.25) is 11.6 Å². The molecule has 0 fully saturated rings. The summed E-state index contributed by atoms with van der Waals surface area (Å²) < 4.78 is 28.7. The highest BCUT2D eigenvalue weighted by Crippen LogP contribution is 2.15. The Labute approximate surface area is 134 Å². The number of aromatic nitrogens is 2. The Morgan fingerprint density at radius 3 is 2.45 bits per heavy atom. The van der Waals surface area contributed by atoms with Gasteiger partial charge in [0.1, 0.15) is 0 Å². The summed E-state index contributed by atoms with van der Waals surface area (Å²) in [6.07, 6.45) is 0.977. The highest BCUT2D eigenvalue weighted by molar-refractivity contribution is 9.10. The zero-order chi connectivity index (χ0) is 16.5. The molecule has 1 heterocycles. The van der Waals surface area contributed by atoms with Crippen molar-refractivity contribution in [2.45, 2.75) is 6.92 Å². The highest BCUT2D eigenvalue weighted by atomic mass is 79.9. The monoisotopic (exact) mass is 386 g/mol. The smallest absolute Gasteiger partial charge is 0.295 e. The highest BCUT2D eigenvalue weighted by Gasteiger charge is 2.21. The molecule has 1 aromatic carbocycles. The first-order valence-corrected chi connectivity index (χ1v) is 8.71. The molecule has 0 radical (unpaired) electrons. The van der Waals surface area contributed by atoms with Crippen LogP contribution in [-0.2, 0) is 9.84 Å². The lowest BCUT2D eigenvalue weighted by Crippen LogP contribution is -2.19. The maximum Gasteiger partial charge on any atom is 0.446 e. The Balaban J connectivity index is 2.55. The molecule has 0 atom stereocenters. The molecule has 0 amide bonds. The Morgan fingerprint density at radius 1 is 1.32 bits per heavy atom. The van der Waals surface area contributed by atoms with E-state index in [-0.39, 0.29) is 17.1 Å². The first-order chi connectivity index (χ1) is 10.2. The van der Waals surface area contributed by atoms with E-state index in [2.05, 4.69) is 25.6 Å². The number of allylic oxidation sites excluding steroid dienone is 1. The number of carbonyl (C=O) groups is 1. The van der Waals surface area contributed by atoms with Crippen LogP contribution in [0.4, 0.5) is 0 Å². The zero-order valence-corrected chi connectivity index (χ0v) is 14.0. The van der Waals surface area contributed by atoms with Crippen molar-refractivity contribution in [1.29, 1.82) is 0 Å². The second kappa shape index (κ2) is 6.01. The van der Waals surface area contributed by atoms with Crippen molar-refractivity contribution in [2.24, 2.45) is 0 Å². The van der Waals surface area contributed by atoms with E-state index in [0.29, 0.717) is 0 Å². The molecule has 0 bridgehead atoms. The lowest BCUT2D eigenvalue weighted by atomic mass is 10.1. The van der Waals surface area contributed by atoms with Crippen LogP contribution >= 0.6 is 15.9 Å². The summed E-state index contributed by atoms with van der Waals surface area (Å²) in [5, 5.41) is 4.31. The predicted molar refractivity (Wildman–Crippen MR) is 83.1 cm³/mol. The Bertz CT molecular complexity index is 907. The number of benzene rings is 1. The molecule has 1 aromatic heterocycles. The lowest BCUT2D eigenvalue weighted by molar-refractivity contribution is 0.102. The van der Waals surface area contributed by atoms with E-state index in [1.54, 1.807) is 24.3 Å². The van der Waals surface area contributed by atoms with Gasteiger partial charge in [0.15, 0.2) is 9.84 Å². The number of carbonyl (C=O) groups excluding carboxylic acids is 1. The third-order valence-electron chi connectivity index (χ3n) is 2.65. The minimum absolute atomic E-state index is 0.0224. The standard InChI is InChI=1S/C13H11BrN2O5S/c1-8(7-22(2,19)20)16-12(15-21-13(16)18)11(17)9-3-5-10(14)6-4-9/h3-7H,1-2H3/b8-7-. The first-order valence-electron chi connectivity index (χ1n) is 5.97. The van der Waals surface area contributed by atoms with Crippen LogP contribution in [0, 0.1) is 0 Å². The first kappa shape index (κ1) is 16.4. The minimum Gasteiger partial charge on any atom is -0.295 e. The topological polar surface area (TPSA) is 99.2 Å². The van der Waals surface area contributed by atoms with Crippen LogP contribution in [0.25, 0.3) is 5.70 Å². The molecule has 9 heteroatoms. The van der Waals surface area contributed by atoms with Crippen molar-refractivity contribution in [2.75, 3.05) is 6.26 Å². The van der Waals surface area contributed by atoms with Crippen LogP contribution in [0.5, 0.6) is 0 Å². The van der Waals surface area contributed by atoms with Crippen LogP contribution in [0.15, 0.2) is 43.5 Å². The maximum atomic E-state index is 12.4. The second-order valence-electron chi connectivity index (χ2n) is 4.53. The molecule has 2 aromatic rings. The molecule has 0 unspecified atom stereocenters. The number of rotatable bonds is 4. The molecule has 2 rings (SSSR count). The van der Waals surface area contributed by atoms with E-state index in [9.17, 15) is 18.0 Å². The van der Waals surface area contributed by atoms with Crippen molar-refractivity contribution in [3.63, 3.8) is 0 Å². The molecule has 7 nitrogen and oxygen atoms in total. The molecule has 116 valence electrons. The van der Waals surface area contributed by atoms with E-state index in [0.717, 1.165) is 20.7 Å². The van der Waals surface area contributed by atoms with Gasteiger partial charge in [-0.2, -0.15) is 0 Å². The molecule has 0 aliphatic heterocycles. The van der Waals surface area contributed by atoms with E-state index in [1.807, 2.05) is 0 Å². The average Bonchev–Trinajstić information content (AvgIpc) is 2.79. The number of hydrogen-bond acceptors (Lipinski definition) is 6. The second-order valence-corrected chi connectivity index (χ2v) is 7.34. The third-order valence-corrected chi connectivity index (χ3v) is 3.95. The summed E-state index contributed by atoms with van der Waals surface area (Å²) in [5.41, 5.74) is 0.312. The van der Waals surface area contributed by atoms with Crippen molar-refractivity contribution < 1.29 is 17.7 Å². The van der Waals surface area contributed by atoms with Crippen LogP contribution in [0.3, 0.4) is 0 Å². The summed E-state index contributed by atoms with van der Waals surface area (Å²) in [6.45, 7) is 1.37. The molecule has 0 aliphatic rings. The SMILES string of the molecule is C/C(=C/S(C)(=O)=O)n1c(C(=O)c2ccc(Br)cc2)noc1=O. The maximum absolute atomic E-state index is 12.4. The van der Waals surface area contributed by atoms with Crippen LogP contribution in [-0.4, -0.2) is 30.2 Å². The van der Waals surface area contributed by atoms with Gasteiger partial charge in [-0.3, -0.25) is 9.32 Å². The summed E-state index contributed by atoms with van der Waals surface area (Å²) in [6, 6.07) is 6.42. The average molecular weight is 387 g/mol. The summed E-state index contributed by atoms with van der Waals surface area (Å²) in [7, 11) is -3.49. The van der Waals surface area contributed by atoms with Gasteiger partial charge in [-0.15, -0.1) is 0 Å². The molecule has 0 N–H and O–H groups in total. The predicted octanol–water partition coefficient (Wildman–Crippen LogP) is 1.69. The third kappa shape index (κ3) is 3.60. The van der Waals surface area contributed by atoms with Crippen LogP contribution in [0.1, 0.15) is 23.1 Å². The fourth-order valence-corrected chi connectivity index (χ4v) is 2.79. The van der Waals surface area contributed by atoms with Crippen molar-refractivity contribution in [3.8, 4) is 0 Å². The summed E-state index contributed by atoms with van der Waals surface area (Å²) in [4.78, 5) is 24.1. The normalized spacial score (nSPS) is 12.4. The molecular formula is C13H11BrN2O5S. The van der Waals surface area contributed by atoms with E-state index in [4.69, 9.17) is 0 Å². The van der Waals surface area contributed by atoms with Gasteiger partial charge >= 0.3 is 5.76 Å². The number of sulfone groups is 1. The van der Waals surface area contributed by atoms with Crippen LogP contribution < -0.4 is 5.76 Å². The van der Waals surface area contributed by atoms with E-state index < -0.39 is 21.4 Å². The van der Waals surface area contributed by atoms with Crippen LogP contribution in [0.2, 0.25) is 0 Å². The molecule has 0 saturated carbocycles. The number of ketones is 1.